The van der Waals surface area contributed by atoms with Crippen molar-refractivity contribution in [2.24, 2.45) is 15.0 Å². The Hall–Kier alpha value is -6.65. The van der Waals surface area contributed by atoms with Gasteiger partial charge in [-0.05, 0) is 68.4 Å². The first-order valence-corrected chi connectivity index (χ1v) is 16.7. The van der Waals surface area contributed by atoms with Crippen LogP contribution >= 0.6 is 0 Å². The van der Waals surface area contributed by atoms with Crippen LogP contribution in [-0.2, 0) is 6.54 Å². The summed E-state index contributed by atoms with van der Waals surface area (Å²) in [5.74, 6) is 1.08. The summed E-state index contributed by atoms with van der Waals surface area (Å²) in [5, 5.41) is 8.89. The van der Waals surface area contributed by atoms with Gasteiger partial charge in [0.1, 0.15) is 11.2 Å². The molecule has 0 bridgehead atoms. The van der Waals surface area contributed by atoms with Crippen LogP contribution in [0.15, 0.2) is 183 Å². The second-order valence-electron chi connectivity index (χ2n) is 12.4. The monoisotopic (exact) mass is 641 g/mol. The predicted molar refractivity (Wildman–Crippen MR) is 211 cm³/mol. The van der Waals surface area contributed by atoms with Crippen molar-refractivity contribution in [2.75, 3.05) is 0 Å². The average molecular weight is 642 g/mol. The first kappa shape index (κ1) is 29.5. The molecule has 4 heteroatoms. The fraction of sp³-hybridized carbons (Fsp3) is 0.0217. The number of furan rings is 1. The van der Waals surface area contributed by atoms with E-state index < -0.39 is 0 Å². The van der Waals surface area contributed by atoms with Crippen LogP contribution in [0, 0.1) is 0 Å². The molecule has 0 saturated carbocycles. The molecule has 1 heterocycles. The molecular weight excluding hydrogens is 611 g/mol. The van der Waals surface area contributed by atoms with E-state index in [1.165, 1.54) is 16.2 Å². The number of benzene rings is 8. The summed E-state index contributed by atoms with van der Waals surface area (Å²) in [4.78, 5) is 15.0. The molecule has 50 heavy (non-hydrogen) atoms. The van der Waals surface area contributed by atoms with E-state index in [2.05, 4.69) is 139 Å². The highest BCUT2D eigenvalue weighted by atomic mass is 16.3. The molecular formula is C46H31N3O. The Morgan fingerprint density at radius 3 is 2.06 bits per heavy atom. The van der Waals surface area contributed by atoms with Crippen molar-refractivity contribution in [1.82, 2.24) is 0 Å². The van der Waals surface area contributed by atoms with Crippen molar-refractivity contribution in [2.45, 2.75) is 6.54 Å². The van der Waals surface area contributed by atoms with Gasteiger partial charge in [0.25, 0.3) is 0 Å². The van der Waals surface area contributed by atoms with E-state index in [4.69, 9.17) is 14.4 Å². The van der Waals surface area contributed by atoms with Gasteiger partial charge in [-0.25, -0.2) is 9.98 Å². The minimum atomic E-state index is 0.471. The lowest BCUT2D eigenvalue weighted by Gasteiger charge is -2.12. The van der Waals surface area contributed by atoms with Crippen LogP contribution in [-0.4, -0.2) is 18.4 Å². The maximum absolute atomic E-state index is 6.64. The van der Waals surface area contributed by atoms with Crippen LogP contribution in [0.5, 0.6) is 0 Å². The maximum atomic E-state index is 6.64. The van der Waals surface area contributed by atoms with Gasteiger partial charge >= 0.3 is 0 Å². The third-order valence-corrected chi connectivity index (χ3v) is 9.45. The molecule has 0 aliphatic rings. The molecule has 0 unspecified atom stereocenters. The average Bonchev–Trinajstić information content (AvgIpc) is 3.57. The number of amidine groups is 2. The van der Waals surface area contributed by atoms with Gasteiger partial charge in [0.15, 0.2) is 11.7 Å². The molecule has 236 valence electrons. The summed E-state index contributed by atoms with van der Waals surface area (Å²) < 4.78 is 6.64. The van der Waals surface area contributed by atoms with Gasteiger partial charge in [-0.15, -0.1) is 0 Å². The summed E-state index contributed by atoms with van der Waals surface area (Å²) in [6.07, 6.45) is 0. The molecule has 0 saturated heterocycles. The number of hydrogen-bond donors (Lipinski definition) is 0. The van der Waals surface area contributed by atoms with E-state index in [0.29, 0.717) is 18.2 Å². The Labute approximate surface area is 289 Å². The maximum Gasteiger partial charge on any atom is 0.161 e. The molecule has 0 aliphatic heterocycles. The topological polar surface area (TPSA) is 50.2 Å². The molecule has 0 aliphatic carbocycles. The predicted octanol–water partition coefficient (Wildman–Crippen LogP) is 11.8. The fourth-order valence-electron chi connectivity index (χ4n) is 7.07. The van der Waals surface area contributed by atoms with Gasteiger partial charge < -0.3 is 4.42 Å². The molecule has 0 N–H and O–H groups in total. The molecule has 0 radical (unpaired) electrons. The number of nitrogens with zero attached hydrogens (tertiary/aromatic N) is 3. The van der Waals surface area contributed by atoms with Gasteiger partial charge in [0, 0.05) is 27.5 Å². The third kappa shape index (κ3) is 5.15. The summed E-state index contributed by atoms with van der Waals surface area (Å²) >= 11 is 0. The Kier molecular flexibility index (Phi) is 7.33. The van der Waals surface area contributed by atoms with E-state index in [9.17, 15) is 0 Å². The van der Waals surface area contributed by atoms with E-state index in [1.54, 1.807) is 0 Å². The highest BCUT2D eigenvalue weighted by molar-refractivity contribution is 6.25. The Morgan fingerprint density at radius 2 is 1.22 bits per heavy atom. The lowest BCUT2D eigenvalue weighted by Crippen LogP contribution is -2.07. The largest absolute Gasteiger partial charge is 0.455 e. The standard InChI is InChI=1S/C46H31N3O/c1-47-45(40-23-12-24-42-43(40)39-22-11-21-36(44(39)50-42)34-26-25-31-15-5-6-16-32(31)27-34)49-46(48-29-30-13-3-2-4-14-30)41-28-33-17-7-8-18-35(33)37-19-9-10-20-38(37)41/h2-28H,1,29H2. The van der Waals surface area contributed by atoms with E-state index in [1.807, 2.05) is 36.4 Å². The van der Waals surface area contributed by atoms with Crippen LogP contribution in [0.25, 0.3) is 65.4 Å². The van der Waals surface area contributed by atoms with Gasteiger partial charge in [-0.2, -0.15) is 0 Å². The number of fused-ring (bicyclic) bond motifs is 7. The fourth-order valence-corrected chi connectivity index (χ4v) is 7.07. The molecule has 9 aromatic rings. The zero-order valence-electron chi connectivity index (χ0n) is 27.3. The van der Waals surface area contributed by atoms with Crippen molar-refractivity contribution in [3.63, 3.8) is 0 Å². The van der Waals surface area contributed by atoms with Crippen molar-refractivity contribution in [3.05, 3.63) is 180 Å². The smallest absolute Gasteiger partial charge is 0.161 e. The highest BCUT2D eigenvalue weighted by Crippen LogP contribution is 2.38. The van der Waals surface area contributed by atoms with Crippen LogP contribution in [0.1, 0.15) is 16.7 Å². The summed E-state index contributed by atoms with van der Waals surface area (Å²) in [5.41, 5.74) is 6.61. The van der Waals surface area contributed by atoms with Crippen molar-refractivity contribution >= 4 is 72.6 Å². The summed E-state index contributed by atoms with van der Waals surface area (Å²) in [6.45, 7) is 4.49. The zero-order chi connectivity index (χ0) is 33.4. The Morgan fingerprint density at radius 1 is 0.520 bits per heavy atom. The number of para-hydroxylation sites is 1. The van der Waals surface area contributed by atoms with E-state index in [0.717, 1.165) is 65.9 Å². The molecule has 1 aromatic heterocycles. The summed E-state index contributed by atoms with van der Waals surface area (Å²) in [6, 6.07) is 56.7. The second-order valence-corrected chi connectivity index (χ2v) is 12.4. The molecule has 0 fully saturated rings. The first-order chi connectivity index (χ1) is 24.7. The minimum absolute atomic E-state index is 0.471. The SMILES string of the molecule is C=NC(=NC(=NCc1ccccc1)c1cc2ccccc2c2ccccc12)c1cccc2oc3c(-c4ccc5ccccc5c4)cccc3c12. The van der Waals surface area contributed by atoms with E-state index in [-0.39, 0.29) is 0 Å². The quantitative estimate of drug-likeness (QED) is 0.105. The van der Waals surface area contributed by atoms with Crippen molar-refractivity contribution in [1.29, 1.82) is 0 Å². The molecule has 0 atom stereocenters. The number of rotatable bonds is 5. The van der Waals surface area contributed by atoms with Crippen LogP contribution in [0.3, 0.4) is 0 Å². The third-order valence-electron chi connectivity index (χ3n) is 9.45. The van der Waals surface area contributed by atoms with Crippen molar-refractivity contribution in [3.8, 4) is 11.1 Å². The van der Waals surface area contributed by atoms with Gasteiger partial charge in [0.05, 0.1) is 6.54 Å². The Balaban J connectivity index is 1.25. The van der Waals surface area contributed by atoms with E-state index >= 15 is 0 Å². The first-order valence-electron chi connectivity index (χ1n) is 16.7. The lowest BCUT2D eigenvalue weighted by molar-refractivity contribution is 0.670. The van der Waals surface area contributed by atoms with Crippen LogP contribution < -0.4 is 0 Å². The highest BCUT2D eigenvalue weighted by Gasteiger charge is 2.19. The Bertz CT molecular complexity index is 2810. The number of hydrogen-bond acceptors (Lipinski definition) is 2. The van der Waals surface area contributed by atoms with Gasteiger partial charge in [-0.1, -0.05) is 146 Å². The van der Waals surface area contributed by atoms with Crippen LogP contribution in [0.4, 0.5) is 0 Å². The minimum Gasteiger partial charge on any atom is -0.455 e. The summed E-state index contributed by atoms with van der Waals surface area (Å²) in [7, 11) is 0. The van der Waals surface area contributed by atoms with Gasteiger partial charge in [0.2, 0.25) is 0 Å². The van der Waals surface area contributed by atoms with Crippen LogP contribution in [0.2, 0.25) is 0 Å². The number of aliphatic imine (C=N–C) groups is 3. The lowest BCUT2D eigenvalue weighted by atomic mass is 9.96. The molecule has 8 aromatic carbocycles. The zero-order valence-corrected chi connectivity index (χ0v) is 27.3. The molecule has 9 rings (SSSR count). The molecule has 4 nitrogen and oxygen atoms in total. The van der Waals surface area contributed by atoms with Gasteiger partial charge in [-0.3, -0.25) is 4.99 Å². The second kappa shape index (κ2) is 12.4. The van der Waals surface area contributed by atoms with Crippen molar-refractivity contribution < 1.29 is 4.42 Å². The molecule has 0 amide bonds. The normalized spacial score (nSPS) is 12.4. The molecule has 0 spiro atoms.